The molecule has 0 spiro atoms. The van der Waals surface area contributed by atoms with E-state index in [2.05, 4.69) is 20.5 Å². The van der Waals surface area contributed by atoms with Gasteiger partial charge in [0.2, 0.25) is 0 Å². The third-order valence-electron chi connectivity index (χ3n) is 3.20. The summed E-state index contributed by atoms with van der Waals surface area (Å²) in [4.78, 5) is 16.2. The zero-order valence-corrected chi connectivity index (χ0v) is 12.1. The van der Waals surface area contributed by atoms with E-state index in [1.54, 1.807) is 24.4 Å². The van der Waals surface area contributed by atoms with E-state index < -0.39 is 17.6 Å². The average molecular weight is 332 g/mol. The number of carbonyl (C=O) groups is 1. The average Bonchev–Trinajstić information content (AvgIpc) is 3.05. The molecule has 0 unspecified atom stereocenters. The van der Waals surface area contributed by atoms with Crippen molar-refractivity contribution in [3.8, 4) is 11.4 Å². The Morgan fingerprint density at radius 1 is 1.04 bits per heavy atom. The van der Waals surface area contributed by atoms with Crippen molar-refractivity contribution in [1.82, 2.24) is 15.2 Å². The van der Waals surface area contributed by atoms with Gasteiger partial charge < -0.3 is 5.32 Å². The van der Waals surface area contributed by atoms with Crippen LogP contribution in [-0.4, -0.2) is 21.1 Å². The van der Waals surface area contributed by atoms with Gasteiger partial charge in [-0.25, -0.2) is 0 Å². The van der Waals surface area contributed by atoms with Crippen LogP contribution in [0.3, 0.4) is 0 Å². The Morgan fingerprint density at radius 2 is 1.88 bits per heavy atom. The molecule has 0 saturated heterocycles. The highest BCUT2D eigenvalue weighted by molar-refractivity contribution is 6.03. The lowest BCUT2D eigenvalue weighted by molar-refractivity contribution is -0.137. The lowest BCUT2D eigenvalue weighted by Crippen LogP contribution is -2.13. The number of nitrogens with one attached hydrogen (secondary N) is 2. The molecule has 0 aliphatic heterocycles. The molecule has 2 N–H and O–H groups in total. The Balaban J connectivity index is 1.78. The molecule has 0 atom stereocenters. The maximum Gasteiger partial charge on any atom is 0.416 e. The number of carbonyl (C=O) groups excluding carboxylic acids is 1. The smallest absolute Gasteiger partial charge is 0.321 e. The molecule has 0 radical (unpaired) electrons. The van der Waals surface area contributed by atoms with Gasteiger partial charge in [0.15, 0.2) is 0 Å². The van der Waals surface area contributed by atoms with E-state index in [1.807, 2.05) is 0 Å². The summed E-state index contributed by atoms with van der Waals surface area (Å²) >= 11 is 0. The number of amides is 1. The lowest BCUT2D eigenvalue weighted by atomic mass is 10.2. The molecule has 0 fully saturated rings. The third kappa shape index (κ3) is 3.43. The highest BCUT2D eigenvalue weighted by atomic mass is 19.4. The number of nitrogens with zero attached hydrogens (tertiary/aromatic N) is 2. The Bertz CT molecular complexity index is 859. The normalized spacial score (nSPS) is 11.3. The minimum Gasteiger partial charge on any atom is -0.321 e. The molecule has 24 heavy (non-hydrogen) atoms. The molecule has 2 aromatic heterocycles. The molecule has 0 aliphatic carbocycles. The van der Waals surface area contributed by atoms with Crippen LogP contribution in [0.2, 0.25) is 0 Å². The maximum absolute atomic E-state index is 12.7. The van der Waals surface area contributed by atoms with Gasteiger partial charge in [-0.05, 0) is 36.4 Å². The Labute approximate surface area is 134 Å². The number of H-pyrrole nitrogens is 1. The van der Waals surface area contributed by atoms with Crippen molar-refractivity contribution in [3.05, 3.63) is 66.0 Å². The molecule has 0 saturated carbocycles. The first-order valence-electron chi connectivity index (χ1n) is 6.89. The number of halogens is 3. The molecular formula is C16H11F3N4O. The monoisotopic (exact) mass is 332 g/mol. The highest BCUT2D eigenvalue weighted by Crippen LogP contribution is 2.30. The van der Waals surface area contributed by atoms with Crippen LogP contribution in [0, 0.1) is 0 Å². The van der Waals surface area contributed by atoms with Crippen molar-refractivity contribution in [2.24, 2.45) is 0 Å². The predicted octanol–water partition coefficient (Wildman–Crippen LogP) is 3.74. The van der Waals surface area contributed by atoms with Gasteiger partial charge in [-0.2, -0.15) is 18.3 Å². The Morgan fingerprint density at radius 3 is 2.58 bits per heavy atom. The van der Waals surface area contributed by atoms with E-state index in [-0.39, 0.29) is 11.4 Å². The topological polar surface area (TPSA) is 70.7 Å². The van der Waals surface area contributed by atoms with Crippen molar-refractivity contribution in [1.29, 1.82) is 0 Å². The Hall–Kier alpha value is -3.16. The first-order chi connectivity index (χ1) is 11.4. The molecule has 1 aromatic carbocycles. The number of anilines is 1. The number of aromatic amines is 1. The largest absolute Gasteiger partial charge is 0.416 e. The fraction of sp³-hybridized carbons (Fsp3) is 0.0625. The molecule has 8 heteroatoms. The second kappa shape index (κ2) is 6.15. The van der Waals surface area contributed by atoms with E-state index in [0.29, 0.717) is 11.4 Å². The number of hydrogen-bond donors (Lipinski definition) is 2. The minimum absolute atomic E-state index is 0.0452. The van der Waals surface area contributed by atoms with Crippen LogP contribution in [0.5, 0.6) is 0 Å². The summed E-state index contributed by atoms with van der Waals surface area (Å²) < 4.78 is 38.1. The van der Waals surface area contributed by atoms with Gasteiger partial charge in [0.05, 0.1) is 11.3 Å². The van der Waals surface area contributed by atoms with Crippen LogP contribution < -0.4 is 5.32 Å². The molecular weight excluding hydrogens is 321 g/mol. The number of hydrogen-bond acceptors (Lipinski definition) is 3. The summed E-state index contributed by atoms with van der Waals surface area (Å²) in [6.07, 6.45) is -2.88. The van der Waals surface area contributed by atoms with Crippen LogP contribution in [0.15, 0.2) is 54.7 Å². The quantitative estimate of drug-likeness (QED) is 0.767. The zero-order chi connectivity index (χ0) is 17.2. The minimum atomic E-state index is -4.47. The van der Waals surface area contributed by atoms with Gasteiger partial charge >= 0.3 is 6.18 Å². The summed E-state index contributed by atoms with van der Waals surface area (Å²) in [6.45, 7) is 0. The van der Waals surface area contributed by atoms with Crippen molar-refractivity contribution in [2.75, 3.05) is 5.32 Å². The van der Waals surface area contributed by atoms with Gasteiger partial charge in [-0.1, -0.05) is 12.1 Å². The number of benzene rings is 1. The van der Waals surface area contributed by atoms with Crippen molar-refractivity contribution < 1.29 is 18.0 Å². The molecule has 1 amide bonds. The molecule has 0 bridgehead atoms. The van der Waals surface area contributed by atoms with Gasteiger partial charge in [-0.15, -0.1) is 0 Å². The van der Waals surface area contributed by atoms with Crippen LogP contribution in [0.25, 0.3) is 11.4 Å². The fourth-order valence-corrected chi connectivity index (χ4v) is 2.06. The second-order valence-corrected chi connectivity index (χ2v) is 4.91. The molecule has 5 nitrogen and oxygen atoms in total. The van der Waals surface area contributed by atoms with E-state index in [4.69, 9.17) is 0 Å². The highest BCUT2D eigenvalue weighted by Gasteiger charge is 2.30. The van der Waals surface area contributed by atoms with E-state index in [0.717, 1.165) is 12.1 Å². The van der Waals surface area contributed by atoms with E-state index in [9.17, 15) is 18.0 Å². The standard InChI is InChI=1S/C16H11F3N4O/c17-16(18,19)10-4-3-5-11(8-10)21-15(24)14-9-13(22-23-14)12-6-1-2-7-20-12/h1-9H,(H,21,24)(H,22,23). The number of alkyl halides is 3. The first kappa shape index (κ1) is 15.7. The third-order valence-corrected chi connectivity index (χ3v) is 3.20. The fourth-order valence-electron chi connectivity index (χ4n) is 2.06. The second-order valence-electron chi connectivity index (χ2n) is 4.91. The molecule has 2 heterocycles. The van der Waals surface area contributed by atoms with Gasteiger partial charge in [0.25, 0.3) is 5.91 Å². The summed E-state index contributed by atoms with van der Waals surface area (Å²) in [7, 11) is 0. The van der Waals surface area contributed by atoms with Crippen molar-refractivity contribution >= 4 is 11.6 Å². The van der Waals surface area contributed by atoms with E-state index in [1.165, 1.54) is 18.2 Å². The van der Waals surface area contributed by atoms with Gasteiger partial charge in [0, 0.05) is 11.9 Å². The van der Waals surface area contributed by atoms with Crippen molar-refractivity contribution in [3.63, 3.8) is 0 Å². The summed E-state index contributed by atoms with van der Waals surface area (Å²) in [5, 5.41) is 8.93. The Kier molecular flexibility index (Phi) is 4.03. The van der Waals surface area contributed by atoms with Crippen LogP contribution in [0.4, 0.5) is 18.9 Å². The van der Waals surface area contributed by atoms with Gasteiger partial charge in [0.1, 0.15) is 11.4 Å². The van der Waals surface area contributed by atoms with Crippen LogP contribution in [0.1, 0.15) is 16.1 Å². The SMILES string of the molecule is O=C(Nc1cccc(C(F)(F)F)c1)c1cc(-c2ccccn2)n[nH]1. The van der Waals surface area contributed by atoms with E-state index >= 15 is 0 Å². The van der Waals surface area contributed by atoms with Crippen molar-refractivity contribution in [2.45, 2.75) is 6.18 Å². The van der Waals surface area contributed by atoms with Crippen LogP contribution >= 0.6 is 0 Å². The number of rotatable bonds is 3. The number of aromatic nitrogens is 3. The summed E-state index contributed by atoms with van der Waals surface area (Å²) in [5.41, 5.74) is 0.368. The maximum atomic E-state index is 12.7. The molecule has 3 rings (SSSR count). The summed E-state index contributed by atoms with van der Waals surface area (Å²) in [6, 6.07) is 11.1. The molecule has 0 aliphatic rings. The predicted molar refractivity (Wildman–Crippen MR) is 81.2 cm³/mol. The zero-order valence-electron chi connectivity index (χ0n) is 12.1. The first-order valence-corrected chi connectivity index (χ1v) is 6.89. The number of pyridine rings is 1. The van der Waals surface area contributed by atoms with Crippen LogP contribution in [-0.2, 0) is 6.18 Å². The molecule has 122 valence electrons. The molecule has 3 aromatic rings. The summed E-state index contributed by atoms with van der Waals surface area (Å²) in [5.74, 6) is -0.594. The lowest BCUT2D eigenvalue weighted by Gasteiger charge is -2.09. The van der Waals surface area contributed by atoms with Gasteiger partial charge in [-0.3, -0.25) is 14.9 Å².